The highest BCUT2D eigenvalue weighted by molar-refractivity contribution is 6.35. The average molecular weight is 445 g/mol. The van der Waals surface area contributed by atoms with Gasteiger partial charge in [-0.25, -0.2) is 0 Å². The molecule has 0 aliphatic heterocycles. The number of benzene rings is 3. The van der Waals surface area contributed by atoms with Crippen LogP contribution in [0.15, 0.2) is 66.7 Å². The Hall–Kier alpha value is -3.22. The Bertz CT molecular complexity index is 1060. The van der Waals surface area contributed by atoms with Crippen molar-refractivity contribution < 1.29 is 19.1 Å². The molecule has 0 spiro atoms. The summed E-state index contributed by atoms with van der Waals surface area (Å²) in [5, 5.41) is 6.25. The third-order valence-corrected chi connectivity index (χ3v) is 4.61. The van der Waals surface area contributed by atoms with Gasteiger partial charge >= 0.3 is 0 Å². The van der Waals surface area contributed by atoms with E-state index in [0.29, 0.717) is 38.5 Å². The van der Waals surface area contributed by atoms with Gasteiger partial charge in [0, 0.05) is 10.6 Å². The first-order valence-corrected chi connectivity index (χ1v) is 9.64. The highest BCUT2D eigenvalue weighted by Crippen LogP contribution is 2.26. The molecule has 0 atom stereocenters. The fourth-order valence-corrected chi connectivity index (χ4v) is 2.91. The minimum absolute atomic E-state index is 0.227. The van der Waals surface area contributed by atoms with Crippen LogP contribution in [0.3, 0.4) is 0 Å². The molecular weight excluding hydrogens is 427 g/mol. The van der Waals surface area contributed by atoms with E-state index in [-0.39, 0.29) is 12.5 Å². The highest BCUT2D eigenvalue weighted by Gasteiger charge is 2.11. The van der Waals surface area contributed by atoms with E-state index in [1.807, 2.05) is 6.07 Å². The molecule has 0 bridgehead atoms. The summed E-state index contributed by atoms with van der Waals surface area (Å²) >= 11 is 11.9. The SMILES string of the molecule is COc1ccccc1NC(=O)c1ccc(OCC(=O)Nc2cc(Cl)ccc2Cl)cc1. The summed E-state index contributed by atoms with van der Waals surface area (Å²) in [4.78, 5) is 24.5. The van der Waals surface area contributed by atoms with E-state index in [1.165, 1.54) is 7.11 Å². The normalized spacial score (nSPS) is 10.2. The molecular formula is C22H18Cl2N2O4. The Morgan fingerprint density at radius 3 is 2.37 bits per heavy atom. The lowest BCUT2D eigenvalue weighted by molar-refractivity contribution is -0.118. The molecule has 3 aromatic carbocycles. The molecule has 2 amide bonds. The van der Waals surface area contributed by atoms with Gasteiger partial charge in [-0.1, -0.05) is 35.3 Å². The van der Waals surface area contributed by atoms with Gasteiger partial charge in [0.15, 0.2) is 6.61 Å². The minimum atomic E-state index is -0.392. The third-order valence-electron chi connectivity index (χ3n) is 4.04. The zero-order chi connectivity index (χ0) is 21.5. The summed E-state index contributed by atoms with van der Waals surface area (Å²) in [7, 11) is 1.54. The molecule has 3 rings (SSSR count). The lowest BCUT2D eigenvalue weighted by Crippen LogP contribution is -2.20. The maximum atomic E-state index is 12.4. The predicted molar refractivity (Wildman–Crippen MR) is 118 cm³/mol. The Balaban J connectivity index is 1.56. The van der Waals surface area contributed by atoms with Crippen molar-refractivity contribution in [3.8, 4) is 11.5 Å². The number of hydrogen-bond donors (Lipinski definition) is 2. The number of carbonyl (C=O) groups is 2. The number of carbonyl (C=O) groups excluding carboxylic acids is 2. The standard InChI is InChI=1S/C22H18Cl2N2O4/c1-29-20-5-3-2-4-18(20)26-22(28)14-6-9-16(10-7-14)30-13-21(27)25-19-12-15(23)8-11-17(19)24/h2-12H,13H2,1H3,(H,25,27)(H,26,28). The largest absolute Gasteiger partial charge is 0.495 e. The van der Waals surface area contributed by atoms with Crippen LogP contribution in [0.25, 0.3) is 0 Å². The Morgan fingerprint density at radius 2 is 1.63 bits per heavy atom. The van der Waals surface area contributed by atoms with Gasteiger partial charge in [-0.05, 0) is 54.6 Å². The number of amides is 2. The molecule has 0 aliphatic carbocycles. The first-order valence-electron chi connectivity index (χ1n) is 8.88. The maximum Gasteiger partial charge on any atom is 0.262 e. The number of rotatable bonds is 7. The number of anilines is 2. The summed E-state index contributed by atoms with van der Waals surface area (Å²) in [6.07, 6.45) is 0. The number of halogens is 2. The van der Waals surface area contributed by atoms with Crippen LogP contribution in [0.1, 0.15) is 10.4 Å². The summed E-state index contributed by atoms with van der Waals surface area (Å²) < 4.78 is 10.7. The van der Waals surface area contributed by atoms with E-state index in [9.17, 15) is 9.59 Å². The van der Waals surface area contributed by atoms with Crippen LogP contribution in [0.2, 0.25) is 10.0 Å². The van der Waals surface area contributed by atoms with Gasteiger partial charge in [0.2, 0.25) is 0 Å². The van der Waals surface area contributed by atoms with Crippen molar-refractivity contribution in [1.82, 2.24) is 0 Å². The molecule has 0 fully saturated rings. The summed E-state index contributed by atoms with van der Waals surface area (Å²) in [5.74, 6) is 0.323. The Labute approximate surface area is 183 Å². The summed E-state index contributed by atoms with van der Waals surface area (Å²) in [6.45, 7) is -0.227. The quantitative estimate of drug-likeness (QED) is 0.520. The monoisotopic (exact) mass is 444 g/mol. The zero-order valence-electron chi connectivity index (χ0n) is 15.9. The van der Waals surface area contributed by atoms with E-state index in [2.05, 4.69) is 10.6 Å². The molecule has 6 nitrogen and oxygen atoms in total. The molecule has 0 saturated heterocycles. The second-order valence-electron chi connectivity index (χ2n) is 6.14. The van der Waals surface area contributed by atoms with Gasteiger partial charge < -0.3 is 20.1 Å². The Kier molecular flexibility index (Phi) is 7.17. The van der Waals surface area contributed by atoms with E-state index in [4.69, 9.17) is 32.7 Å². The van der Waals surface area contributed by atoms with Gasteiger partial charge in [-0.3, -0.25) is 9.59 Å². The lowest BCUT2D eigenvalue weighted by atomic mass is 10.2. The molecule has 0 heterocycles. The van der Waals surface area contributed by atoms with E-state index < -0.39 is 5.91 Å². The van der Waals surface area contributed by atoms with Crippen LogP contribution < -0.4 is 20.1 Å². The topological polar surface area (TPSA) is 76.7 Å². The van der Waals surface area contributed by atoms with E-state index >= 15 is 0 Å². The molecule has 154 valence electrons. The first kappa shape index (κ1) is 21.5. The molecule has 8 heteroatoms. The van der Waals surface area contributed by atoms with Crippen LogP contribution in [0.5, 0.6) is 11.5 Å². The fourth-order valence-electron chi connectivity index (χ4n) is 2.57. The maximum absolute atomic E-state index is 12.4. The second kappa shape index (κ2) is 10.0. The van der Waals surface area contributed by atoms with Crippen LogP contribution in [0, 0.1) is 0 Å². The highest BCUT2D eigenvalue weighted by atomic mass is 35.5. The third kappa shape index (κ3) is 5.65. The van der Waals surface area contributed by atoms with Gasteiger partial charge in [0.05, 0.1) is 23.5 Å². The van der Waals surface area contributed by atoms with Crippen LogP contribution in [-0.2, 0) is 4.79 Å². The van der Waals surface area contributed by atoms with Gasteiger partial charge in [0.25, 0.3) is 11.8 Å². The van der Waals surface area contributed by atoms with Crippen molar-refractivity contribution >= 4 is 46.4 Å². The summed E-state index contributed by atoms with van der Waals surface area (Å²) in [6, 6.07) is 18.3. The van der Waals surface area contributed by atoms with Crippen molar-refractivity contribution in [2.45, 2.75) is 0 Å². The van der Waals surface area contributed by atoms with Crippen molar-refractivity contribution in [1.29, 1.82) is 0 Å². The molecule has 0 aromatic heterocycles. The van der Waals surface area contributed by atoms with Crippen molar-refractivity contribution in [3.63, 3.8) is 0 Å². The smallest absolute Gasteiger partial charge is 0.262 e. The van der Waals surface area contributed by atoms with Gasteiger partial charge in [-0.2, -0.15) is 0 Å². The minimum Gasteiger partial charge on any atom is -0.495 e. The Morgan fingerprint density at radius 1 is 0.900 bits per heavy atom. The van der Waals surface area contributed by atoms with Crippen molar-refractivity contribution in [3.05, 3.63) is 82.3 Å². The van der Waals surface area contributed by atoms with Crippen molar-refractivity contribution in [2.24, 2.45) is 0 Å². The van der Waals surface area contributed by atoms with E-state index in [1.54, 1.807) is 60.7 Å². The van der Waals surface area contributed by atoms with Gasteiger partial charge in [-0.15, -0.1) is 0 Å². The number of methoxy groups -OCH3 is 1. The predicted octanol–water partition coefficient (Wildman–Crippen LogP) is 5.27. The van der Waals surface area contributed by atoms with Crippen LogP contribution in [-0.4, -0.2) is 25.5 Å². The van der Waals surface area contributed by atoms with Crippen LogP contribution in [0.4, 0.5) is 11.4 Å². The number of para-hydroxylation sites is 2. The van der Waals surface area contributed by atoms with Gasteiger partial charge in [0.1, 0.15) is 11.5 Å². The lowest BCUT2D eigenvalue weighted by Gasteiger charge is -2.11. The molecule has 2 N–H and O–H groups in total. The molecule has 0 saturated carbocycles. The molecule has 0 aliphatic rings. The molecule has 0 radical (unpaired) electrons. The zero-order valence-corrected chi connectivity index (χ0v) is 17.5. The van der Waals surface area contributed by atoms with Crippen molar-refractivity contribution in [2.75, 3.05) is 24.4 Å². The summed E-state index contributed by atoms with van der Waals surface area (Å²) in [5.41, 5.74) is 1.41. The van der Waals surface area contributed by atoms with Crippen LogP contribution >= 0.6 is 23.2 Å². The first-order chi connectivity index (χ1) is 14.5. The fraction of sp³-hybridized carbons (Fsp3) is 0.0909. The van der Waals surface area contributed by atoms with E-state index in [0.717, 1.165) is 0 Å². The molecule has 0 unspecified atom stereocenters. The average Bonchev–Trinajstić information content (AvgIpc) is 2.75. The number of hydrogen-bond acceptors (Lipinski definition) is 4. The molecule has 30 heavy (non-hydrogen) atoms. The number of ether oxygens (including phenoxy) is 2. The second-order valence-corrected chi connectivity index (χ2v) is 6.98. The number of nitrogens with one attached hydrogen (secondary N) is 2. The molecule has 3 aromatic rings.